The summed E-state index contributed by atoms with van der Waals surface area (Å²) in [5, 5.41) is 1.65. The Balaban J connectivity index is 5.81. The molecule has 0 saturated carbocycles. The van der Waals surface area contributed by atoms with Crippen LogP contribution in [0.1, 0.15) is 41.5 Å². The van der Waals surface area contributed by atoms with Crippen LogP contribution in [-0.2, 0) is 28.7 Å². The smallest absolute Gasteiger partial charge is 0.328 e. The van der Waals surface area contributed by atoms with E-state index in [1.54, 1.807) is 41.5 Å². The Labute approximate surface area is 182 Å². The maximum atomic E-state index is 12.5. The summed E-state index contributed by atoms with van der Waals surface area (Å²) in [7, 11) is 0. The van der Waals surface area contributed by atoms with Gasteiger partial charge in [-0.15, -0.1) is 0 Å². The number of hydrogen-bond donors (Lipinski definition) is 0. The highest BCUT2D eigenvalue weighted by molar-refractivity contribution is 9.11. The van der Waals surface area contributed by atoms with Crippen LogP contribution >= 0.6 is 31.9 Å². The summed E-state index contributed by atoms with van der Waals surface area (Å²) in [4.78, 5) is 52.0. The van der Waals surface area contributed by atoms with Crippen molar-refractivity contribution < 1.29 is 28.7 Å². The first-order valence-corrected chi connectivity index (χ1v) is 10.1. The molecule has 158 valence electrons. The molecule has 0 unspecified atom stereocenters. The standard InChI is InChI=1S/C18H26Br2N2O6/c1-17(2,3)27-15(25)11-21(13(23)7-9-19)22(14(24)8-10-20)12-16(26)28-18(4,5)6/h7-10H,11-12H2,1-6H3/b9-7+,10-8+. The lowest BCUT2D eigenvalue weighted by atomic mass is 10.2. The molecule has 0 aliphatic carbocycles. The molecule has 0 aromatic heterocycles. The van der Waals surface area contributed by atoms with Gasteiger partial charge in [-0.1, -0.05) is 31.9 Å². The topological polar surface area (TPSA) is 93.2 Å². The monoisotopic (exact) mass is 524 g/mol. The summed E-state index contributed by atoms with van der Waals surface area (Å²) in [6.45, 7) is 8.90. The Morgan fingerprint density at radius 3 is 1.21 bits per heavy atom. The lowest BCUT2D eigenvalue weighted by molar-refractivity contribution is -0.177. The maximum Gasteiger partial charge on any atom is 0.328 e. The molecule has 2 amide bonds. The predicted molar refractivity (Wildman–Crippen MR) is 111 cm³/mol. The highest BCUT2D eigenvalue weighted by atomic mass is 79.9. The third-order valence-corrected chi connectivity index (χ3v) is 3.14. The highest BCUT2D eigenvalue weighted by Crippen LogP contribution is 2.12. The number of esters is 2. The summed E-state index contributed by atoms with van der Waals surface area (Å²) in [5.41, 5.74) is -1.57. The molecule has 0 saturated heterocycles. The zero-order valence-corrected chi connectivity index (χ0v) is 20.0. The molecule has 0 aliphatic rings. The van der Waals surface area contributed by atoms with Crippen LogP contribution in [0.5, 0.6) is 0 Å². The minimum absolute atomic E-state index is 0.571. The number of amides is 2. The van der Waals surface area contributed by atoms with E-state index >= 15 is 0 Å². The van der Waals surface area contributed by atoms with Crippen LogP contribution in [0.2, 0.25) is 0 Å². The summed E-state index contributed by atoms with van der Waals surface area (Å²) in [5.74, 6) is -2.90. The van der Waals surface area contributed by atoms with Crippen molar-refractivity contribution in [1.29, 1.82) is 0 Å². The van der Waals surface area contributed by atoms with E-state index in [9.17, 15) is 19.2 Å². The Kier molecular flexibility index (Phi) is 10.7. The number of carbonyl (C=O) groups excluding carboxylic acids is 4. The lowest BCUT2D eigenvalue weighted by Crippen LogP contribution is -2.54. The highest BCUT2D eigenvalue weighted by Gasteiger charge is 2.31. The molecule has 0 bridgehead atoms. The number of ether oxygens (including phenoxy) is 2. The first-order chi connectivity index (χ1) is 12.7. The van der Waals surface area contributed by atoms with Gasteiger partial charge in [0.15, 0.2) is 0 Å². The molecule has 10 heteroatoms. The first-order valence-electron chi connectivity index (χ1n) is 8.30. The fourth-order valence-electron chi connectivity index (χ4n) is 1.84. The van der Waals surface area contributed by atoms with Crippen LogP contribution in [0.4, 0.5) is 0 Å². The van der Waals surface area contributed by atoms with E-state index in [2.05, 4.69) is 31.9 Å². The molecule has 0 aromatic carbocycles. The average Bonchev–Trinajstić information content (AvgIpc) is 2.47. The van der Waals surface area contributed by atoms with Gasteiger partial charge in [-0.2, -0.15) is 0 Å². The molecule has 0 fully saturated rings. The van der Waals surface area contributed by atoms with Crippen molar-refractivity contribution >= 4 is 55.6 Å². The minimum atomic E-state index is -0.785. The van der Waals surface area contributed by atoms with Crippen LogP contribution in [0.15, 0.2) is 22.1 Å². The van der Waals surface area contributed by atoms with Gasteiger partial charge < -0.3 is 9.47 Å². The number of nitrogens with zero attached hydrogens (tertiary/aromatic N) is 2. The van der Waals surface area contributed by atoms with Gasteiger partial charge in [0.25, 0.3) is 11.8 Å². The van der Waals surface area contributed by atoms with E-state index in [-0.39, 0.29) is 0 Å². The number of hydrogen-bond acceptors (Lipinski definition) is 6. The van der Waals surface area contributed by atoms with Crippen LogP contribution in [0.3, 0.4) is 0 Å². The van der Waals surface area contributed by atoms with Gasteiger partial charge >= 0.3 is 11.9 Å². The maximum absolute atomic E-state index is 12.5. The van der Waals surface area contributed by atoms with Gasteiger partial charge in [-0.3, -0.25) is 19.2 Å². The first kappa shape index (κ1) is 26.3. The molecule has 0 N–H and O–H groups in total. The van der Waals surface area contributed by atoms with E-state index in [0.29, 0.717) is 0 Å². The molecular formula is C18H26Br2N2O6. The van der Waals surface area contributed by atoms with Gasteiger partial charge in [0, 0.05) is 12.2 Å². The molecule has 0 spiro atoms. The van der Waals surface area contributed by atoms with Gasteiger partial charge in [-0.25, -0.2) is 10.0 Å². The van der Waals surface area contributed by atoms with E-state index < -0.39 is 48.0 Å². The van der Waals surface area contributed by atoms with Gasteiger partial charge in [-0.05, 0) is 51.5 Å². The lowest BCUT2D eigenvalue weighted by Gasteiger charge is -2.33. The van der Waals surface area contributed by atoms with Crippen LogP contribution in [0.25, 0.3) is 0 Å². The van der Waals surface area contributed by atoms with Crippen LogP contribution in [-0.4, -0.2) is 58.1 Å². The summed E-state index contributed by atoms with van der Waals surface area (Å²) in [6, 6.07) is 0. The second-order valence-corrected chi connectivity index (χ2v) is 8.61. The number of carbonyl (C=O) groups is 4. The second-order valence-electron chi connectivity index (χ2n) is 7.55. The van der Waals surface area contributed by atoms with Crippen molar-refractivity contribution in [3.05, 3.63) is 22.1 Å². The molecule has 0 aromatic rings. The SMILES string of the molecule is CC(C)(C)OC(=O)CN(C(=O)/C=C/Br)N(CC(=O)OC(C)(C)C)C(=O)/C=C/Br. The van der Waals surface area contributed by atoms with E-state index in [1.165, 1.54) is 9.97 Å². The molecule has 0 radical (unpaired) electrons. The van der Waals surface area contributed by atoms with Crippen molar-refractivity contribution in [3.63, 3.8) is 0 Å². The van der Waals surface area contributed by atoms with Crippen LogP contribution in [0, 0.1) is 0 Å². The fourth-order valence-corrected chi connectivity index (χ4v) is 2.29. The fraction of sp³-hybridized carbons (Fsp3) is 0.556. The largest absolute Gasteiger partial charge is 0.459 e. The summed E-state index contributed by atoms with van der Waals surface area (Å²) >= 11 is 5.96. The number of rotatable bonds is 6. The quantitative estimate of drug-likeness (QED) is 0.300. The zero-order chi connectivity index (χ0) is 22.1. The molecule has 0 heterocycles. The van der Waals surface area contributed by atoms with Crippen molar-refractivity contribution in [2.45, 2.75) is 52.7 Å². The Morgan fingerprint density at radius 1 is 0.714 bits per heavy atom. The summed E-state index contributed by atoms with van der Waals surface area (Å²) < 4.78 is 10.4. The second kappa shape index (κ2) is 11.4. The molecule has 28 heavy (non-hydrogen) atoms. The third kappa shape index (κ3) is 11.2. The van der Waals surface area contributed by atoms with E-state index in [0.717, 1.165) is 22.2 Å². The molecule has 0 rings (SSSR count). The van der Waals surface area contributed by atoms with Crippen LogP contribution < -0.4 is 0 Å². The van der Waals surface area contributed by atoms with Gasteiger partial charge in [0.2, 0.25) is 0 Å². The van der Waals surface area contributed by atoms with Crippen molar-refractivity contribution in [3.8, 4) is 0 Å². The summed E-state index contributed by atoms with van der Waals surface area (Å²) in [6.07, 6.45) is 2.19. The Morgan fingerprint density at radius 2 is 1.00 bits per heavy atom. The predicted octanol–water partition coefficient (Wildman–Crippen LogP) is 3.06. The van der Waals surface area contributed by atoms with Crippen molar-refractivity contribution in [2.75, 3.05) is 13.1 Å². The molecular weight excluding hydrogens is 500 g/mol. The Hall–Kier alpha value is -1.68. The molecule has 8 nitrogen and oxygen atoms in total. The molecule has 0 atom stereocenters. The third-order valence-electron chi connectivity index (χ3n) is 2.61. The minimum Gasteiger partial charge on any atom is -0.459 e. The van der Waals surface area contributed by atoms with E-state index in [4.69, 9.17) is 9.47 Å². The average molecular weight is 526 g/mol. The Bertz CT molecular complexity index is 591. The van der Waals surface area contributed by atoms with Gasteiger partial charge in [0.1, 0.15) is 24.3 Å². The zero-order valence-electron chi connectivity index (χ0n) is 16.8. The van der Waals surface area contributed by atoms with Crippen molar-refractivity contribution in [2.24, 2.45) is 0 Å². The number of hydrazine groups is 1. The normalized spacial score (nSPS) is 12.1. The van der Waals surface area contributed by atoms with E-state index in [1.807, 2.05) is 0 Å². The van der Waals surface area contributed by atoms with Crippen molar-refractivity contribution in [1.82, 2.24) is 10.0 Å². The van der Waals surface area contributed by atoms with Gasteiger partial charge in [0.05, 0.1) is 0 Å². The molecule has 0 aliphatic heterocycles. The number of halogens is 2.